The summed E-state index contributed by atoms with van der Waals surface area (Å²) in [5.41, 5.74) is 2.49. The third-order valence-electron chi connectivity index (χ3n) is 4.03. The predicted octanol–water partition coefficient (Wildman–Crippen LogP) is 2.79. The molecule has 0 saturated heterocycles. The molecule has 0 aliphatic heterocycles. The van der Waals surface area contributed by atoms with Crippen LogP contribution in [0.3, 0.4) is 0 Å². The maximum absolute atomic E-state index is 4.39. The van der Waals surface area contributed by atoms with Crippen molar-refractivity contribution in [3.63, 3.8) is 0 Å². The summed E-state index contributed by atoms with van der Waals surface area (Å²) in [5.74, 6) is 0.814. The van der Waals surface area contributed by atoms with Gasteiger partial charge in [-0.2, -0.15) is 5.10 Å². The Bertz CT molecular complexity index is 356. The molecule has 1 aromatic rings. The van der Waals surface area contributed by atoms with Gasteiger partial charge in [-0.15, -0.1) is 0 Å². The summed E-state index contributed by atoms with van der Waals surface area (Å²) in [6.07, 6.45) is 9.04. The Balaban J connectivity index is 1.90. The minimum atomic E-state index is 0.692. The number of hydrogen-bond acceptors (Lipinski definition) is 2. The van der Waals surface area contributed by atoms with Gasteiger partial charge < -0.3 is 5.32 Å². The van der Waals surface area contributed by atoms with Crippen molar-refractivity contribution in [1.82, 2.24) is 15.1 Å². The predicted molar refractivity (Wildman–Crippen MR) is 70.8 cm³/mol. The van der Waals surface area contributed by atoms with Crippen molar-refractivity contribution in [2.24, 2.45) is 13.0 Å². The minimum absolute atomic E-state index is 0.692. The summed E-state index contributed by atoms with van der Waals surface area (Å²) < 4.78 is 1.91. The van der Waals surface area contributed by atoms with E-state index in [1.165, 1.54) is 37.7 Å². The fraction of sp³-hybridized carbons (Fsp3) is 0.786. The molecule has 2 rings (SSSR count). The van der Waals surface area contributed by atoms with E-state index in [2.05, 4.69) is 30.5 Å². The molecule has 2 atom stereocenters. The molecule has 0 amide bonds. The van der Waals surface area contributed by atoms with E-state index >= 15 is 0 Å². The largest absolute Gasteiger partial charge is 0.310 e. The number of nitrogens with zero attached hydrogens (tertiary/aromatic N) is 2. The van der Waals surface area contributed by atoms with Gasteiger partial charge in [0, 0.05) is 31.4 Å². The quantitative estimate of drug-likeness (QED) is 0.816. The molecular weight excluding hydrogens is 210 g/mol. The molecule has 0 aromatic carbocycles. The van der Waals surface area contributed by atoms with Crippen LogP contribution in [0.4, 0.5) is 0 Å². The first-order valence-corrected chi connectivity index (χ1v) is 6.89. The van der Waals surface area contributed by atoms with E-state index in [4.69, 9.17) is 0 Å². The molecule has 17 heavy (non-hydrogen) atoms. The molecule has 0 spiro atoms. The van der Waals surface area contributed by atoms with E-state index in [0.29, 0.717) is 6.04 Å². The molecule has 1 aromatic heterocycles. The van der Waals surface area contributed by atoms with Gasteiger partial charge in [0.15, 0.2) is 0 Å². The van der Waals surface area contributed by atoms with Gasteiger partial charge in [-0.3, -0.25) is 4.68 Å². The molecular formula is C14H25N3. The van der Waals surface area contributed by atoms with Gasteiger partial charge in [0.2, 0.25) is 0 Å². The van der Waals surface area contributed by atoms with Crippen LogP contribution in [0.1, 0.15) is 50.3 Å². The van der Waals surface area contributed by atoms with Crippen molar-refractivity contribution in [2.75, 3.05) is 0 Å². The highest BCUT2D eigenvalue weighted by Crippen LogP contribution is 2.23. The van der Waals surface area contributed by atoms with Crippen LogP contribution >= 0.6 is 0 Å². The highest BCUT2D eigenvalue weighted by molar-refractivity contribution is 5.14. The first kappa shape index (κ1) is 12.6. The summed E-state index contributed by atoms with van der Waals surface area (Å²) in [5, 5.41) is 8.12. The average Bonchev–Trinajstić information content (AvgIpc) is 2.48. The van der Waals surface area contributed by atoms with E-state index in [-0.39, 0.29) is 0 Å². The van der Waals surface area contributed by atoms with Crippen molar-refractivity contribution < 1.29 is 0 Å². The smallest absolute Gasteiger partial charge is 0.0638 e. The lowest BCUT2D eigenvalue weighted by Crippen LogP contribution is -2.33. The van der Waals surface area contributed by atoms with E-state index < -0.39 is 0 Å². The summed E-state index contributed by atoms with van der Waals surface area (Å²) >= 11 is 0. The number of rotatable bonds is 3. The number of hydrogen-bond donors (Lipinski definition) is 1. The van der Waals surface area contributed by atoms with E-state index in [9.17, 15) is 0 Å². The second kappa shape index (κ2) is 5.67. The van der Waals surface area contributed by atoms with Crippen molar-refractivity contribution >= 4 is 0 Å². The van der Waals surface area contributed by atoms with Crippen molar-refractivity contribution in [2.45, 2.75) is 58.5 Å². The van der Waals surface area contributed by atoms with E-state index in [1.54, 1.807) is 0 Å². The minimum Gasteiger partial charge on any atom is -0.310 e. The molecule has 2 unspecified atom stereocenters. The molecule has 1 saturated carbocycles. The second-order valence-corrected chi connectivity index (χ2v) is 5.52. The number of aryl methyl sites for hydroxylation is 2. The molecule has 1 aliphatic carbocycles. The van der Waals surface area contributed by atoms with Crippen molar-refractivity contribution in [3.05, 3.63) is 17.5 Å². The third kappa shape index (κ3) is 3.32. The molecule has 0 bridgehead atoms. The first-order chi connectivity index (χ1) is 8.16. The average molecular weight is 235 g/mol. The van der Waals surface area contributed by atoms with Crippen LogP contribution in [0.5, 0.6) is 0 Å². The molecule has 3 heteroatoms. The van der Waals surface area contributed by atoms with Crippen molar-refractivity contribution in [1.29, 1.82) is 0 Å². The van der Waals surface area contributed by atoms with Gasteiger partial charge >= 0.3 is 0 Å². The number of nitrogens with one attached hydrogen (secondary N) is 1. The third-order valence-corrected chi connectivity index (χ3v) is 4.03. The summed E-state index contributed by atoms with van der Waals surface area (Å²) in [6, 6.07) is 0.692. The first-order valence-electron chi connectivity index (χ1n) is 6.89. The highest BCUT2D eigenvalue weighted by Gasteiger charge is 2.19. The maximum atomic E-state index is 4.39. The van der Waals surface area contributed by atoms with Crippen LogP contribution in [0.15, 0.2) is 6.20 Å². The fourth-order valence-electron chi connectivity index (χ4n) is 2.86. The normalized spacial score (nSPS) is 25.8. The van der Waals surface area contributed by atoms with Gasteiger partial charge in [-0.25, -0.2) is 0 Å². The Morgan fingerprint density at radius 1 is 1.35 bits per heavy atom. The zero-order valence-corrected chi connectivity index (χ0v) is 11.4. The lowest BCUT2D eigenvalue weighted by atomic mass is 9.97. The molecule has 3 nitrogen and oxygen atoms in total. The van der Waals surface area contributed by atoms with Crippen LogP contribution in [0.25, 0.3) is 0 Å². The molecule has 1 aliphatic rings. The Labute approximate surface area is 105 Å². The monoisotopic (exact) mass is 235 g/mol. The van der Waals surface area contributed by atoms with Crippen molar-refractivity contribution in [3.8, 4) is 0 Å². The zero-order chi connectivity index (χ0) is 12.3. The maximum Gasteiger partial charge on any atom is 0.0638 e. The highest BCUT2D eigenvalue weighted by atomic mass is 15.2. The van der Waals surface area contributed by atoms with Crippen LogP contribution in [0.2, 0.25) is 0 Å². The summed E-state index contributed by atoms with van der Waals surface area (Å²) in [6.45, 7) is 5.45. The van der Waals surface area contributed by atoms with E-state index in [0.717, 1.165) is 18.2 Å². The van der Waals surface area contributed by atoms with Crippen LogP contribution in [-0.4, -0.2) is 15.8 Å². The SMILES string of the molecule is Cc1nn(C)cc1CNC1CCCCCC1C. The Morgan fingerprint density at radius 3 is 2.82 bits per heavy atom. The summed E-state index contributed by atoms with van der Waals surface area (Å²) in [4.78, 5) is 0. The molecule has 1 heterocycles. The summed E-state index contributed by atoms with van der Waals surface area (Å²) in [7, 11) is 1.99. The molecule has 1 N–H and O–H groups in total. The van der Waals surface area contributed by atoms with E-state index in [1.807, 2.05) is 11.7 Å². The zero-order valence-electron chi connectivity index (χ0n) is 11.4. The van der Waals surface area contributed by atoms with Crippen LogP contribution < -0.4 is 5.32 Å². The van der Waals surface area contributed by atoms with Gasteiger partial charge in [0.1, 0.15) is 0 Å². The van der Waals surface area contributed by atoms with Gasteiger partial charge in [-0.05, 0) is 25.7 Å². The number of aromatic nitrogens is 2. The molecule has 1 fully saturated rings. The van der Waals surface area contributed by atoms with Gasteiger partial charge in [-0.1, -0.05) is 26.2 Å². The molecule has 96 valence electrons. The Morgan fingerprint density at radius 2 is 2.12 bits per heavy atom. The Hall–Kier alpha value is -0.830. The lowest BCUT2D eigenvalue weighted by molar-refractivity contribution is 0.356. The van der Waals surface area contributed by atoms with Gasteiger partial charge in [0.25, 0.3) is 0 Å². The van der Waals surface area contributed by atoms with Crippen LogP contribution in [0, 0.1) is 12.8 Å². The van der Waals surface area contributed by atoms with Crippen LogP contribution in [-0.2, 0) is 13.6 Å². The van der Waals surface area contributed by atoms with Gasteiger partial charge in [0.05, 0.1) is 5.69 Å². The topological polar surface area (TPSA) is 29.9 Å². The Kier molecular flexibility index (Phi) is 4.21. The fourth-order valence-corrected chi connectivity index (χ4v) is 2.86. The lowest BCUT2D eigenvalue weighted by Gasteiger charge is -2.22. The standard InChI is InChI=1S/C14H25N3/c1-11-7-5-4-6-8-14(11)15-9-13-10-17(3)16-12(13)2/h10-11,14-15H,4-9H2,1-3H3. The second-order valence-electron chi connectivity index (χ2n) is 5.52. The molecule has 0 radical (unpaired) electrons.